The molecular weight excluding hydrogens is 389 g/mol. The number of nitrogens with one attached hydrogen (secondary N) is 1. The van der Waals surface area contributed by atoms with Crippen molar-refractivity contribution in [3.05, 3.63) is 65.0 Å². The van der Waals surface area contributed by atoms with Gasteiger partial charge in [-0.25, -0.2) is 21.2 Å². The Balaban J connectivity index is 1.87. The smallest absolute Gasteiger partial charge is 0.183 e. The van der Waals surface area contributed by atoms with Crippen LogP contribution < -0.4 is 5.32 Å². The van der Waals surface area contributed by atoms with E-state index in [1.54, 1.807) is 0 Å². The molecule has 1 aliphatic heterocycles. The first-order valence-electron chi connectivity index (χ1n) is 8.58. The molecule has 1 saturated heterocycles. The maximum atomic E-state index is 13.5. The standard InChI is InChI=1S/C19H22FNO4S2/c1-13-4-3-5-15(8-13)10-21-18-11-26(22,23)12-19(18)27(24,25)16-6-7-17(20)14(2)9-16/h3-9,18-19,21H,10-12H2,1-2H3/t18-,19-/m0/s1. The Bertz CT molecular complexity index is 1060. The molecule has 0 bridgehead atoms. The molecule has 146 valence electrons. The lowest BCUT2D eigenvalue weighted by Gasteiger charge is -2.20. The largest absolute Gasteiger partial charge is 0.308 e. The Labute approximate surface area is 159 Å². The first kappa shape index (κ1) is 20.0. The molecule has 5 nitrogen and oxygen atoms in total. The second kappa shape index (κ2) is 7.33. The molecule has 2 aromatic carbocycles. The highest BCUT2D eigenvalue weighted by atomic mass is 32.2. The Morgan fingerprint density at radius 1 is 1.11 bits per heavy atom. The summed E-state index contributed by atoms with van der Waals surface area (Å²) in [5.41, 5.74) is 2.23. The van der Waals surface area contributed by atoms with Gasteiger partial charge in [0.25, 0.3) is 0 Å². The first-order chi connectivity index (χ1) is 12.6. The van der Waals surface area contributed by atoms with Crippen LogP contribution in [-0.4, -0.2) is 39.6 Å². The Morgan fingerprint density at radius 2 is 1.85 bits per heavy atom. The predicted octanol–water partition coefficient (Wildman–Crippen LogP) is 2.17. The average molecular weight is 412 g/mol. The third-order valence-electron chi connectivity index (χ3n) is 4.81. The topological polar surface area (TPSA) is 80.3 Å². The van der Waals surface area contributed by atoms with Gasteiger partial charge in [0.2, 0.25) is 0 Å². The molecule has 0 saturated carbocycles. The zero-order valence-corrected chi connectivity index (χ0v) is 16.8. The van der Waals surface area contributed by atoms with E-state index in [0.717, 1.165) is 17.2 Å². The van der Waals surface area contributed by atoms with E-state index in [9.17, 15) is 21.2 Å². The van der Waals surface area contributed by atoms with Crippen LogP contribution in [0.15, 0.2) is 47.4 Å². The summed E-state index contributed by atoms with van der Waals surface area (Å²) >= 11 is 0. The van der Waals surface area contributed by atoms with Gasteiger partial charge in [0.15, 0.2) is 19.7 Å². The first-order valence-corrected chi connectivity index (χ1v) is 11.9. The Hall–Kier alpha value is -1.77. The molecular formula is C19H22FNO4S2. The summed E-state index contributed by atoms with van der Waals surface area (Å²) < 4.78 is 63.9. The minimum absolute atomic E-state index is 0.0501. The predicted molar refractivity (Wildman–Crippen MR) is 103 cm³/mol. The number of aryl methyl sites for hydroxylation is 2. The number of hydrogen-bond acceptors (Lipinski definition) is 5. The van der Waals surface area contributed by atoms with Gasteiger partial charge in [0.05, 0.1) is 21.7 Å². The van der Waals surface area contributed by atoms with Gasteiger partial charge in [-0.15, -0.1) is 0 Å². The molecule has 0 unspecified atom stereocenters. The summed E-state index contributed by atoms with van der Waals surface area (Å²) in [7, 11) is -7.40. The van der Waals surface area contributed by atoms with Gasteiger partial charge in [0, 0.05) is 12.6 Å². The van der Waals surface area contributed by atoms with Gasteiger partial charge < -0.3 is 5.32 Å². The number of rotatable bonds is 5. The highest BCUT2D eigenvalue weighted by Gasteiger charge is 2.45. The maximum Gasteiger partial charge on any atom is 0.183 e. The lowest BCUT2D eigenvalue weighted by atomic mass is 10.1. The van der Waals surface area contributed by atoms with Crippen molar-refractivity contribution < 1.29 is 21.2 Å². The van der Waals surface area contributed by atoms with Crippen LogP contribution in [0.3, 0.4) is 0 Å². The van der Waals surface area contributed by atoms with Crippen molar-refractivity contribution in [3.63, 3.8) is 0 Å². The second-order valence-corrected chi connectivity index (χ2v) is 11.4. The minimum atomic E-state index is -3.92. The number of benzene rings is 2. The number of hydrogen-bond donors (Lipinski definition) is 1. The normalized spacial score (nSPS) is 22.0. The van der Waals surface area contributed by atoms with Crippen LogP contribution in [0.4, 0.5) is 4.39 Å². The molecule has 2 aromatic rings. The van der Waals surface area contributed by atoms with Gasteiger partial charge >= 0.3 is 0 Å². The molecule has 0 radical (unpaired) electrons. The quantitative estimate of drug-likeness (QED) is 0.763. The molecule has 0 aromatic heterocycles. The van der Waals surface area contributed by atoms with Crippen molar-refractivity contribution in [1.29, 1.82) is 0 Å². The fraction of sp³-hybridized carbons (Fsp3) is 0.368. The maximum absolute atomic E-state index is 13.5. The van der Waals surface area contributed by atoms with Crippen LogP contribution in [0.1, 0.15) is 16.7 Å². The Kier molecular flexibility index (Phi) is 5.42. The second-order valence-electron chi connectivity index (χ2n) is 7.05. The molecule has 0 amide bonds. The van der Waals surface area contributed by atoms with Crippen molar-refractivity contribution in [2.45, 2.75) is 36.6 Å². The van der Waals surface area contributed by atoms with Crippen molar-refractivity contribution in [2.24, 2.45) is 0 Å². The molecule has 8 heteroatoms. The summed E-state index contributed by atoms with van der Waals surface area (Å²) in [6, 6.07) is 10.5. The van der Waals surface area contributed by atoms with Gasteiger partial charge in [-0.1, -0.05) is 29.8 Å². The van der Waals surface area contributed by atoms with Crippen LogP contribution in [0.2, 0.25) is 0 Å². The zero-order chi connectivity index (χ0) is 19.8. The van der Waals surface area contributed by atoms with Crippen LogP contribution in [0, 0.1) is 19.7 Å². The third-order valence-corrected chi connectivity index (χ3v) is 8.96. The van der Waals surface area contributed by atoms with Gasteiger partial charge in [0.1, 0.15) is 5.82 Å². The van der Waals surface area contributed by atoms with E-state index in [-0.39, 0.29) is 16.2 Å². The SMILES string of the molecule is Cc1cccc(CN[C@H]2CS(=O)(=O)C[C@@H]2S(=O)(=O)c2ccc(F)c(C)c2)c1. The molecule has 0 aliphatic carbocycles. The fourth-order valence-corrected chi connectivity index (χ4v) is 8.15. The number of halogens is 1. The van der Waals surface area contributed by atoms with Crippen molar-refractivity contribution in [1.82, 2.24) is 5.32 Å². The van der Waals surface area contributed by atoms with Crippen LogP contribution >= 0.6 is 0 Å². The summed E-state index contributed by atoms with van der Waals surface area (Å²) in [6.45, 7) is 3.80. The highest BCUT2D eigenvalue weighted by Crippen LogP contribution is 2.27. The summed E-state index contributed by atoms with van der Waals surface area (Å²) in [6.07, 6.45) is 0. The third kappa shape index (κ3) is 4.39. The van der Waals surface area contributed by atoms with Crippen LogP contribution in [0.25, 0.3) is 0 Å². The van der Waals surface area contributed by atoms with E-state index in [4.69, 9.17) is 0 Å². The fourth-order valence-electron chi connectivity index (χ4n) is 3.35. The van der Waals surface area contributed by atoms with Crippen LogP contribution in [0.5, 0.6) is 0 Å². The average Bonchev–Trinajstić information content (AvgIpc) is 2.91. The molecule has 0 spiro atoms. The van der Waals surface area contributed by atoms with E-state index >= 15 is 0 Å². The van der Waals surface area contributed by atoms with E-state index in [2.05, 4.69) is 5.32 Å². The molecule has 2 atom stereocenters. The van der Waals surface area contributed by atoms with Gasteiger partial charge in [-0.05, 0) is 43.2 Å². The molecule has 1 N–H and O–H groups in total. The summed E-state index contributed by atoms with van der Waals surface area (Å²) in [5, 5.41) is 2.00. The molecule has 1 fully saturated rings. The van der Waals surface area contributed by atoms with Gasteiger partial charge in [-0.3, -0.25) is 0 Å². The van der Waals surface area contributed by atoms with E-state index < -0.39 is 42.5 Å². The van der Waals surface area contributed by atoms with Crippen molar-refractivity contribution in [2.75, 3.05) is 11.5 Å². The molecule has 27 heavy (non-hydrogen) atoms. The lowest BCUT2D eigenvalue weighted by molar-refractivity contribution is 0.525. The zero-order valence-electron chi connectivity index (χ0n) is 15.1. The van der Waals surface area contributed by atoms with Gasteiger partial charge in [-0.2, -0.15) is 0 Å². The van der Waals surface area contributed by atoms with Crippen LogP contribution in [-0.2, 0) is 26.2 Å². The minimum Gasteiger partial charge on any atom is -0.308 e. The highest BCUT2D eigenvalue weighted by molar-refractivity contribution is 7.96. The monoisotopic (exact) mass is 411 g/mol. The molecule has 3 rings (SSSR count). The van der Waals surface area contributed by atoms with Crippen molar-refractivity contribution in [3.8, 4) is 0 Å². The van der Waals surface area contributed by atoms with E-state index in [0.29, 0.717) is 6.54 Å². The van der Waals surface area contributed by atoms with E-state index in [1.165, 1.54) is 19.1 Å². The molecule has 1 heterocycles. The molecule has 1 aliphatic rings. The van der Waals surface area contributed by atoms with E-state index in [1.807, 2.05) is 31.2 Å². The summed E-state index contributed by atoms with van der Waals surface area (Å²) in [4.78, 5) is -0.0501. The number of sulfone groups is 2. The summed E-state index contributed by atoms with van der Waals surface area (Å²) in [5.74, 6) is -1.16. The lowest BCUT2D eigenvalue weighted by Crippen LogP contribution is -2.43. The Morgan fingerprint density at radius 3 is 2.52 bits per heavy atom. The van der Waals surface area contributed by atoms with Crippen molar-refractivity contribution >= 4 is 19.7 Å².